The Morgan fingerprint density at radius 1 is 1.18 bits per heavy atom. The minimum Gasteiger partial charge on any atom is -0.375 e. The molecular formula is C22H25FN8O2. The van der Waals surface area contributed by atoms with E-state index in [9.17, 15) is 14.3 Å². The van der Waals surface area contributed by atoms with E-state index in [1.807, 2.05) is 20.0 Å². The summed E-state index contributed by atoms with van der Waals surface area (Å²) < 4.78 is 17.8. The second kappa shape index (κ2) is 7.85. The maximum atomic E-state index is 14.9. The maximum absolute atomic E-state index is 14.9. The third-order valence-electron chi connectivity index (χ3n) is 6.15. The number of aliphatic hydroxyl groups is 1. The number of anilines is 1. The fourth-order valence-electron chi connectivity index (χ4n) is 4.34. The van der Waals surface area contributed by atoms with Crippen molar-refractivity contribution in [3.05, 3.63) is 41.7 Å². The van der Waals surface area contributed by atoms with Crippen LogP contribution >= 0.6 is 0 Å². The molecule has 1 fully saturated rings. The van der Waals surface area contributed by atoms with E-state index in [1.54, 1.807) is 24.2 Å². The van der Waals surface area contributed by atoms with Crippen LogP contribution in [0, 0.1) is 19.7 Å². The highest BCUT2D eigenvalue weighted by molar-refractivity contribution is 5.90. The summed E-state index contributed by atoms with van der Waals surface area (Å²) in [6, 6.07) is 3.18. The highest BCUT2D eigenvalue weighted by Crippen LogP contribution is 2.28. The Labute approximate surface area is 189 Å². The smallest absolute Gasteiger partial charge is 0.229 e. The van der Waals surface area contributed by atoms with Gasteiger partial charge in [0.05, 0.1) is 18.3 Å². The van der Waals surface area contributed by atoms with E-state index in [0.29, 0.717) is 29.1 Å². The molecule has 0 aliphatic carbocycles. The lowest BCUT2D eigenvalue weighted by atomic mass is 9.95. The van der Waals surface area contributed by atoms with Gasteiger partial charge in [0, 0.05) is 18.3 Å². The summed E-state index contributed by atoms with van der Waals surface area (Å²) in [6.07, 6.45) is 5.55. The van der Waals surface area contributed by atoms with Crippen LogP contribution in [0.15, 0.2) is 24.5 Å². The van der Waals surface area contributed by atoms with Crippen LogP contribution in [-0.2, 0) is 4.79 Å². The molecule has 1 saturated heterocycles. The Bertz CT molecular complexity index is 1380. The van der Waals surface area contributed by atoms with E-state index in [0.717, 1.165) is 24.9 Å². The zero-order chi connectivity index (χ0) is 23.3. The number of hydrogen-bond acceptors (Lipinski definition) is 7. The molecule has 1 amide bonds. The van der Waals surface area contributed by atoms with Crippen LogP contribution in [0.3, 0.4) is 0 Å². The van der Waals surface area contributed by atoms with Gasteiger partial charge >= 0.3 is 0 Å². The van der Waals surface area contributed by atoms with Crippen molar-refractivity contribution in [2.45, 2.75) is 45.3 Å². The third-order valence-corrected chi connectivity index (χ3v) is 6.15. The van der Waals surface area contributed by atoms with E-state index < -0.39 is 11.5 Å². The number of nitrogens with zero attached hydrogens (tertiary/aromatic N) is 7. The van der Waals surface area contributed by atoms with Crippen molar-refractivity contribution < 1.29 is 14.3 Å². The van der Waals surface area contributed by atoms with Gasteiger partial charge in [-0.2, -0.15) is 0 Å². The molecule has 11 heteroatoms. The van der Waals surface area contributed by atoms with Crippen molar-refractivity contribution in [1.29, 1.82) is 0 Å². The lowest BCUT2D eigenvalue weighted by molar-refractivity contribution is -0.144. The average Bonchev–Trinajstić information content (AvgIpc) is 3.33. The topological polar surface area (TPSA) is 113 Å². The SMILES string of the molecule is Cc1nc2c(C)cc(-c3cc(F)c4nc(NC(=O)C[C@]5(O)CCCCN5C)cn4c3)nn2n1. The fraction of sp³-hybridized carbons (Fsp3) is 0.409. The lowest BCUT2D eigenvalue weighted by Crippen LogP contribution is -2.51. The average molecular weight is 452 g/mol. The summed E-state index contributed by atoms with van der Waals surface area (Å²) in [7, 11) is 1.81. The third kappa shape index (κ3) is 3.93. The van der Waals surface area contributed by atoms with Crippen molar-refractivity contribution in [3.8, 4) is 11.3 Å². The molecule has 172 valence electrons. The number of aryl methyl sites for hydroxylation is 2. The van der Waals surface area contributed by atoms with Crippen molar-refractivity contribution in [1.82, 2.24) is 34.1 Å². The first-order valence-corrected chi connectivity index (χ1v) is 10.9. The lowest BCUT2D eigenvalue weighted by Gasteiger charge is -2.40. The molecule has 0 radical (unpaired) electrons. The van der Waals surface area contributed by atoms with Gasteiger partial charge in [-0.1, -0.05) is 0 Å². The molecule has 0 bridgehead atoms. The van der Waals surface area contributed by atoms with Gasteiger partial charge in [-0.3, -0.25) is 9.69 Å². The van der Waals surface area contributed by atoms with Crippen LogP contribution in [0.1, 0.15) is 37.1 Å². The van der Waals surface area contributed by atoms with Crippen LogP contribution in [0.2, 0.25) is 0 Å². The minimum atomic E-state index is -1.18. The number of carbonyl (C=O) groups is 1. The Hall–Kier alpha value is -3.44. The van der Waals surface area contributed by atoms with Crippen molar-refractivity contribution in [2.24, 2.45) is 0 Å². The number of piperidine rings is 1. The molecule has 0 unspecified atom stereocenters. The number of nitrogens with one attached hydrogen (secondary N) is 1. The first kappa shape index (κ1) is 21.4. The monoisotopic (exact) mass is 452 g/mol. The van der Waals surface area contributed by atoms with E-state index >= 15 is 0 Å². The molecule has 4 aromatic heterocycles. The number of likely N-dealkylation sites (tertiary alicyclic amines) is 1. The number of imidazole rings is 1. The maximum Gasteiger partial charge on any atom is 0.229 e. The van der Waals surface area contributed by atoms with Gasteiger partial charge in [-0.25, -0.2) is 14.4 Å². The Kier molecular flexibility index (Phi) is 5.09. The minimum absolute atomic E-state index is 0.0777. The molecule has 33 heavy (non-hydrogen) atoms. The molecule has 1 aliphatic heterocycles. The van der Waals surface area contributed by atoms with Gasteiger partial charge in [0.25, 0.3) is 0 Å². The van der Waals surface area contributed by atoms with Gasteiger partial charge in [0.1, 0.15) is 11.5 Å². The standard InChI is InChI=1S/C22H25FN8O2/c1-13-8-17(28-31-20(13)24-14(2)27-31)15-9-16(23)21-26-18(12-30(21)11-15)25-19(32)10-22(33)6-4-5-7-29(22)3/h8-9,11-12,33H,4-7,10H2,1-3H3,(H,25,32)/t22-/m1/s1. The predicted octanol–water partition coefficient (Wildman–Crippen LogP) is 2.33. The molecule has 2 N–H and O–H groups in total. The number of aromatic nitrogens is 6. The second-order valence-electron chi connectivity index (χ2n) is 8.70. The predicted molar refractivity (Wildman–Crippen MR) is 119 cm³/mol. The molecule has 4 aromatic rings. The van der Waals surface area contributed by atoms with Crippen LogP contribution < -0.4 is 5.32 Å². The number of carbonyl (C=O) groups excluding carboxylic acids is 1. The fourth-order valence-corrected chi connectivity index (χ4v) is 4.34. The Balaban J connectivity index is 1.42. The van der Waals surface area contributed by atoms with E-state index in [4.69, 9.17) is 0 Å². The molecule has 10 nitrogen and oxygen atoms in total. The highest BCUT2D eigenvalue weighted by Gasteiger charge is 2.36. The Morgan fingerprint density at radius 3 is 2.79 bits per heavy atom. The summed E-state index contributed by atoms with van der Waals surface area (Å²) in [6.45, 7) is 4.41. The number of pyridine rings is 1. The molecule has 1 aliphatic rings. The number of fused-ring (bicyclic) bond motifs is 2. The van der Waals surface area contributed by atoms with Gasteiger partial charge in [-0.05, 0) is 57.9 Å². The van der Waals surface area contributed by atoms with Gasteiger partial charge < -0.3 is 14.8 Å². The second-order valence-corrected chi connectivity index (χ2v) is 8.70. The van der Waals surface area contributed by atoms with Crippen molar-refractivity contribution >= 4 is 23.0 Å². The molecule has 5 rings (SSSR count). The summed E-state index contributed by atoms with van der Waals surface area (Å²) in [5.74, 6) is -0.111. The normalized spacial score (nSPS) is 19.4. The van der Waals surface area contributed by atoms with Crippen LogP contribution in [-0.4, -0.2) is 64.4 Å². The van der Waals surface area contributed by atoms with E-state index in [2.05, 4.69) is 25.5 Å². The van der Waals surface area contributed by atoms with E-state index in [1.165, 1.54) is 15.1 Å². The summed E-state index contributed by atoms with van der Waals surface area (Å²) in [5.41, 5.74) is 1.49. The quantitative estimate of drug-likeness (QED) is 0.489. The van der Waals surface area contributed by atoms with Crippen molar-refractivity contribution in [3.63, 3.8) is 0 Å². The zero-order valence-corrected chi connectivity index (χ0v) is 18.7. The van der Waals surface area contributed by atoms with Gasteiger partial charge in [0.15, 0.2) is 22.9 Å². The first-order valence-electron chi connectivity index (χ1n) is 10.9. The number of rotatable bonds is 4. The van der Waals surface area contributed by atoms with Crippen LogP contribution in [0.5, 0.6) is 0 Å². The summed E-state index contributed by atoms with van der Waals surface area (Å²) in [5, 5.41) is 22.2. The van der Waals surface area contributed by atoms with Crippen LogP contribution in [0.4, 0.5) is 10.2 Å². The number of hydrogen-bond donors (Lipinski definition) is 2. The molecule has 0 saturated carbocycles. The Morgan fingerprint density at radius 2 is 2.00 bits per heavy atom. The molecule has 1 atom stereocenters. The summed E-state index contributed by atoms with van der Waals surface area (Å²) >= 11 is 0. The zero-order valence-electron chi connectivity index (χ0n) is 18.7. The summed E-state index contributed by atoms with van der Waals surface area (Å²) in [4.78, 5) is 22.9. The first-order chi connectivity index (χ1) is 15.7. The largest absolute Gasteiger partial charge is 0.375 e. The highest BCUT2D eigenvalue weighted by atomic mass is 19.1. The molecule has 5 heterocycles. The molecule has 0 spiro atoms. The molecule has 0 aromatic carbocycles. The van der Waals surface area contributed by atoms with E-state index in [-0.39, 0.29) is 23.8 Å². The van der Waals surface area contributed by atoms with Gasteiger partial charge in [0.2, 0.25) is 5.91 Å². The van der Waals surface area contributed by atoms with Crippen molar-refractivity contribution in [2.75, 3.05) is 18.9 Å². The molecular weight excluding hydrogens is 427 g/mol. The van der Waals surface area contributed by atoms with Crippen LogP contribution in [0.25, 0.3) is 22.6 Å². The van der Waals surface area contributed by atoms with Gasteiger partial charge in [-0.15, -0.1) is 14.8 Å². The number of halogens is 1. The number of amides is 1.